The first-order valence-electron chi connectivity index (χ1n) is 7.25. The molecule has 1 aliphatic heterocycles. The van der Waals surface area contributed by atoms with E-state index in [1.807, 2.05) is 12.1 Å². The highest BCUT2D eigenvalue weighted by Gasteiger charge is 2.20. The summed E-state index contributed by atoms with van der Waals surface area (Å²) in [6.07, 6.45) is 0. The lowest BCUT2D eigenvalue weighted by Crippen LogP contribution is -2.28. The quantitative estimate of drug-likeness (QED) is 0.766. The number of para-hydroxylation sites is 2. The maximum atomic E-state index is 12.3. The molecule has 8 heteroatoms. The largest absolute Gasteiger partial charge is 0.493 e. The maximum absolute atomic E-state index is 12.3. The van der Waals surface area contributed by atoms with E-state index in [4.69, 9.17) is 18.9 Å². The molecule has 0 amide bonds. The summed E-state index contributed by atoms with van der Waals surface area (Å²) in [7, 11) is -2.10. The Bertz CT molecular complexity index is 821. The molecule has 0 aromatic heterocycles. The van der Waals surface area contributed by atoms with E-state index in [1.54, 1.807) is 25.3 Å². The molecule has 7 nitrogen and oxygen atoms in total. The fraction of sp³-hybridized carbons (Fsp3) is 0.250. The number of hydrogen-bond acceptors (Lipinski definition) is 6. The second-order valence-corrected chi connectivity index (χ2v) is 6.68. The number of sulfonamides is 1. The van der Waals surface area contributed by atoms with E-state index in [1.165, 1.54) is 12.1 Å². The van der Waals surface area contributed by atoms with Crippen molar-refractivity contribution in [2.24, 2.45) is 0 Å². The lowest BCUT2D eigenvalue weighted by atomic mass is 10.3. The van der Waals surface area contributed by atoms with Crippen LogP contribution >= 0.6 is 0 Å². The van der Waals surface area contributed by atoms with Gasteiger partial charge in [-0.15, -0.1) is 0 Å². The topological polar surface area (TPSA) is 83.1 Å². The summed E-state index contributed by atoms with van der Waals surface area (Å²) in [5.41, 5.74) is 0. The number of methoxy groups -OCH3 is 1. The lowest BCUT2D eigenvalue weighted by Gasteiger charge is -2.11. The first-order chi connectivity index (χ1) is 11.6. The molecule has 1 aliphatic rings. The van der Waals surface area contributed by atoms with Crippen molar-refractivity contribution in [1.29, 1.82) is 0 Å². The van der Waals surface area contributed by atoms with Gasteiger partial charge in [-0.25, -0.2) is 13.1 Å². The molecular weight excluding hydrogens is 334 g/mol. The minimum absolute atomic E-state index is 0.0962. The van der Waals surface area contributed by atoms with Gasteiger partial charge in [-0.05, 0) is 24.3 Å². The third-order valence-corrected chi connectivity index (χ3v) is 4.83. The fourth-order valence-electron chi connectivity index (χ4n) is 2.20. The van der Waals surface area contributed by atoms with Crippen molar-refractivity contribution in [3.63, 3.8) is 0 Å². The van der Waals surface area contributed by atoms with Gasteiger partial charge in [-0.3, -0.25) is 0 Å². The van der Waals surface area contributed by atoms with E-state index in [-0.39, 0.29) is 24.8 Å². The Labute approximate surface area is 140 Å². The zero-order valence-electron chi connectivity index (χ0n) is 13.0. The summed E-state index contributed by atoms with van der Waals surface area (Å²) in [4.78, 5) is 0.115. The average molecular weight is 351 g/mol. The molecule has 0 unspecified atom stereocenters. The minimum Gasteiger partial charge on any atom is -0.493 e. The average Bonchev–Trinajstić information content (AvgIpc) is 3.07. The van der Waals surface area contributed by atoms with Gasteiger partial charge in [0.15, 0.2) is 23.0 Å². The molecule has 0 atom stereocenters. The van der Waals surface area contributed by atoms with Crippen LogP contribution in [0.25, 0.3) is 0 Å². The maximum Gasteiger partial charge on any atom is 0.240 e. The fourth-order valence-corrected chi connectivity index (χ4v) is 3.23. The van der Waals surface area contributed by atoms with Crippen LogP contribution in [-0.2, 0) is 10.0 Å². The molecule has 24 heavy (non-hydrogen) atoms. The van der Waals surface area contributed by atoms with E-state index in [2.05, 4.69) is 4.72 Å². The van der Waals surface area contributed by atoms with Gasteiger partial charge < -0.3 is 18.9 Å². The molecule has 0 fully saturated rings. The van der Waals surface area contributed by atoms with Crippen LogP contribution in [0.4, 0.5) is 0 Å². The highest BCUT2D eigenvalue weighted by Crippen LogP contribution is 2.33. The summed E-state index contributed by atoms with van der Waals surface area (Å²) in [5.74, 6) is 2.11. The van der Waals surface area contributed by atoms with Crippen molar-refractivity contribution in [3.05, 3.63) is 42.5 Å². The van der Waals surface area contributed by atoms with Crippen LogP contribution in [0.1, 0.15) is 0 Å². The number of ether oxygens (including phenoxy) is 4. The van der Waals surface area contributed by atoms with Crippen molar-refractivity contribution >= 4 is 10.0 Å². The first kappa shape index (κ1) is 16.4. The molecule has 1 N–H and O–H groups in total. The van der Waals surface area contributed by atoms with Gasteiger partial charge in [-0.1, -0.05) is 12.1 Å². The van der Waals surface area contributed by atoms with E-state index in [0.717, 1.165) is 0 Å². The van der Waals surface area contributed by atoms with Gasteiger partial charge in [-0.2, -0.15) is 0 Å². The Hall–Kier alpha value is -2.45. The Morgan fingerprint density at radius 3 is 2.62 bits per heavy atom. The van der Waals surface area contributed by atoms with E-state index < -0.39 is 10.0 Å². The van der Waals surface area contributed by atoms with Crippen LogP contribution in [0.2, 0.25) is 0 Å². The molecule has 0 saturated heterocycles. The predicted octanol–water partition coefficient (Wildman–Crippen LogP) is 1.78. The number of nitrogens with one attached hydrogen (secondary N) is 1. The molecule has 1 heterocycles. The molecule has 2 aromatic rings. The molecule has 0 spiro atoms. The van der Waals surface area contributed by atoms with E-state index in [9.17, 15) is 8.42 Å². The molecule has 0 radical (unpaired) electrons. The number of hydrogen-bond donors (Lipinski definition) is 1. The van der Waals surface area contributed by atoms with Gasteiger partial charge in [0.1, 0.15) is 6.61 Å². The molecular formula is C16H17NO6S. The first-order valence-corrected chi connectivity index (χ1v) is 8.73. The lowest BCUT2D eigenvalue weighted by molar-refractivity contribution is 0.174. The minimum atomic E-state index is -3.65. The second-order valence-electron chi connectivity index (χ2n) is 4.91. The zero-order valence-corrected chi connectivity index (χ0v) is 13.8. The molecule has 0 aliphatic carbocycles. The van der Waals surface area contributed by atoms with Crippen LogP contribution in [0.15, 0.2) is 47.4 Å². The van der Waals surface area contributed by atoms with Crippen LogP contribution in [0.5, 0.6) is 23.0 Å². The van der Waals surface area contributed by atoms with Crippen molar-refractivity contribution in [2.75, 3.05) is 27.1 Å². The highest BCUT2D eigenvalue weighted by molar-refractivity contribution is 7.89. The van der Waals surface area contributed by atoms with Gasteiger partial charge in [0.2, 0.25) is 16.8 Å². The molecule has 128 valence electrons. The predicted molar refractivity (Wildman–Crippen MR) is 86.2 cm³/mol. The second kappa shape index (κ2) is 6.98. The van der Waals surface area contributed by atoms with Crippen LogP contribution in [0.3, 0.4) is 0 Å². The van der Waals surface area contributed by atoms with Crippen LogP contribution < -0.4 is 23.7 Å². The van der Waals surface area contributed by atoms with Crippen LogP contribution in [-0.4, -0.2) is 35.5 Å². The van der Waals surface area contributed by atoms with E-state index >= 15 is 0 Å². The van der Waals surface area contributed by atoms with Gasteiger partial charge in [0.25, 0.3) is 0 Å². The number of benzene rings is 2. The van der Waals surface area contributed by atoms with Crippen LogP contribution in [0, 0.1) is 0 Å². The highest BCUT2D eigenvalue weighted by atomic mass is 32.2. The Morgan fingerprint density at radius 1 is 1.08 bits per heavy atom. The standard InChI is InChI=1S/C16H17NO6S/c1-20-13-4-2-3-5-14(13)21-9-8-17-24(18,19)12-6-7-15-16(10-12)23-11-22-15/h2-7,10,17H,8-9,11H2,1H3. The molecule has 0 bridgehead atoms. The molecule has 3 rings (SSSR count). The number of rotatable bonds is 7. The smallest absolute Gasteiger partial charge is 0.240 e. The molecule has 0 saturated carbocycles. The van der Waals surface area contributed by atoms with Gasteiger partial charge in [0, 0.05) is 12.6 Å². The van der Waals surface area contributed by atoms with Crippen molar-refractivity contribution in [1.82, 2.24) is 4.72 Å². The summed E-state index contributed by atoms with van der Waals surface area (Å²) >= 11 is 0. The normalized spacial score (nSPS) is 12.9. The SMILES string of the molecule is COc1ccccc1OCCNS(=O)(=O)c1ccc2c(c1)OCO2. The summed E-state index contributed by atoms with van der Waals surface area (Å²) in [6, 6.07) is 11.6. The van der Waals surface area contributed by atoms with Crippen molar-refractivity contribution in [2.45, 2.75) is 4.90 Å². The van der Waals surface area contributed by atoms with Crippen molar-refractivity contribution in [3.8, 4) is 23.0 Å². The van der Waals surface area contributed by atoms with E-state index in [0.29, 0.717) is 23.0 Å². The van der Waals surface area contributed by atoms with Gasteiger partial charge >= 0.3 is 0 Å². The summed E-state index contributed by atoms with van der Waals surface area (Å²) in [6.45, 7) is 0.387. The summed E-state index contributed by atoms with van der Waals surface area (Å²) in [5, 5.41) is 0. The summed E-state index contributed by atoms with van der Waals surface area (Å²) < 4.78 is 48.1. The van der Waals surface area contributed by atoms with Crippen molar-refractivity contribution < 1.29 is 27.4 Å². The molecule has 2 aromatic carbocycles. The third-order valence-electron chi connectivity index (χ3n) is 3.38. The Balaban J connectivity index is 1.58. The Morgan fingerprint density at radius 2 is 1.83 bits per heavy atom. The Kier molecular flexibility index (Phi) is 4.77. The third kappa shape index (κ3) is 3.55. The van der Waals surface area contributed by atoms with Gasteiger partial charge in [0.05, 0.1) is 12.0 Å². The zero-order chi connectivity index (χ0) is 17.0. The number of fused-ring (bicyclic) bond motifs is 1. The monoisotopic (exact) mass is 351 g/mol.